The summed E-state index contributed by atoms with van der Waals surface area (Å²) in [4.78, 5) is 45.7. The Kier molecular flexibility index (Phi) is 9.84. The van der Waals surface area contributed by atoms with Crippen LogP contribution in [0, 0.1) is 6.92 Å². The number of amides is 1. The highest BCUT2D eigenvalue weighted by Crippen LogP contribution is 2.45. The van der Waals surface area contributed by atoms with Crippen molar-refractivity contribution in [2.45, 2.75) is 46.6 Å². The Morgan fingerprint density at radius 2 is 1.83 bits per heavy atom. The number of benzene rings is 2. The number of aliphatic hydroxyl groups excluding tert-OH is 1. The van der Waals surface area contributed by atoms with Crippen LogP contribution in [0.25, 0.3) is 5.76 Å². The molecular formula is C31H34N2O8S. The topological polar surface area (TPSA) is 124 Å². The molecule has 10 nitrogen and oxygen atoms in total. The molecule has 1 aromatic heterocycles. The molecule has 0 radical (unpaired) electrons. The highest BCUT2D eigenvalue weighted by Gasteiger charge is 2.48. The molecule has 4 rings (SSSR count). The van der Waals surface area contributed by atoms with Crippen molar-refractivity contribution in [3.8, 4) is 17.2 Å². The van der Waals surface area contributed by atoms with Crippen molar-refractivity contribution in [1.29, 1.82) is 0 Å². The van der Waals surface area contributed by atoms with Crippen LogP contribution in [0.15, 0.2) is 48.0 Å². The summed E-state index contributed by atoms with van der Waals surface area (Å²) in [5.74, 6) is -1.34. The molecule has 1 amide bonds. The standard InChI is InChI=1S/C31H34N2O8S/c1-6-9-15-41-22-14-13-19(17-23(22)38-5)25-24(26(34)20-11-10-12-21(16-20)39-7-2)27(35)29(36)33(25)31-32-18(4)28(42-31)30(37)40-8-3/h10-14,16-17,25,34H,6-9,15H2,1-5H3/b26-24+. The van der Waals surface area contributed by atoms with E-state index in [-0.39, 0.29) is 27.9 Å². The molecule has 1 fully saturated rings. The number of ether oxygens (including phenoxy) is 4. The average molecular weight is 595 g/mol. The van der Waals surface area contributed by atoms with Gasteiger partial charge in [-0.3, -0.25) is 14.5 Å². The van der Waals surface area contributed by atoms with Gasteiger partial charge in [0.15, 0.2) is 16.6 Å². The van der Waals surface area contributed by atoms with Gasteiger partial charge in [-0.2, -0.15) is 0 Å². The number of aryl methyl sites for hydroxylation is 1. The molecule has 0 saturated carbocycles. The smallest absolute Gasteiger partial charge is 0.350 e. The van der Waals surface area contributed by atoms with E-state index in [2.05, 4.69) is 11.9 Å². The second-order valence-corrected chi connectivity index (χ2v) is 10.4. The Labute approximate surface area is 248 Å². The van der Waals surface area contributed by atoms with Gasteiger partial charge >= 0.3 is 11.9 Å². The predicted octanol–water partition coefficient (Wildman–Crippen LogP) is 5.84. The van der Waals surface area contributed by atoms with Crippen LogP contribution in [-0.2, 0) is 14.3 Å². The fraction of sp³-hybridized carbons (Fsp3) is 0.355. The van der Waals surface area contributed by atoms with Gasteiger partial charge in [0.05, 0.1) is 44.2 Å². The number of aromatic nitrogens is 1. The highest BCUT2D eigenvalue weighted by molar-refractivity contribution is 7.17. The molecular weight excluding hydrogens is 560 g/mol. The molecule has 1 unspecified atom stereocenters. The van der Waals surface area contributed by atoms with E-state index in [0.717, 1.165) is 24.2 Å². The number of carbonyl (C=O) groups excluding carboxylic acids is 3. The molecule has 3 aromatic rings. The van der Waals surface area contributed by atoms with E-state index >= 15 is 0 Å². The van der Waals surface area contributed by atoms with Gasteiger partial charge < -0.3 is 24.1 Å². The number of aliphatic hydroxyl groups is 1. The van der Waals surface area contributed by atoms with Crippen LogP contribution in [-0.4, -0.2) is 54.7 Å². The number of nitrogens with zero attached hydrogens (tertiary/aromatic N) is 2. The van der Waals surface area contributed by atoms with Crippen molar-refractivity contribution in [3.63, 3.8) is 0 Å². The number of thiazole rings is 1. The third kappa shape index (κ3) is 6.11. The van der Waals surface area contributed by atoms with Gasteiger partial charge in [0.1, 0.15) is 16.4 Å². The van der Waals surface area contributed by atoms with E-state index in [1.165, 1.54) is 12.0 Å². The summed E-state index contributed by atoms with van der Waals surface area (Å²) < 4.78 is 22.2. The molecule has 222 valence electrons. The molecule has 0 spiro atoms. The summed E-state index contributed by atoms with van der Waals surface area (Å²) in [6.07, 6.45) is 1.82. The van der Waals surface area contributed by atoms with Crippen molar-refractivity contribution >= 4 is 39.9 Å². The minimum Gasteiger partial charge on any atom is -0.507 e. The summed E-state index contributed by atoms with van der Waals surface area (Å²) in [6, 6.07) is 10.6. The number of unbranched alkanes of at least 4 members (excludes halogenated alkanes) is 1. The van der Waals surface area contributed by atoms with E-state index in [1.807, 2.05) is 6.92 Å². The van der Waals surface area contributed by atoms with Crippen molar-refractivity contribution in [1.82, 2.24) is 4.98 Å². The molecule has 1 aliphatic heterocycles. The van der Waals surface area contributed by atoms with Crippen molar-refractivity contribution in [2.75, 3.05) is 31.8 Å². The number of rotatable bonds is 12. The first kappa shape index (κ1) is 30.6. The van der Waals surface area contributed by atoms with Crippen LogP contribution < -0.4 is 19.1 Å². The summed E-state index contributed by atoms with van der Waals surface area (Å²) in [6.45, 7) is 8.29. The summed E-state index contributed by atoms with van der Waals surface area (Å²) in [5.41, 5.74) is 0.997. The Bertz CT molecular complexity index is 1510. The van der Waals surface area contributed by atoms with E-state index < -0.39 is 23.7 Å². The van der Waals surface area contributed by atoms with Crippen LogP contribution >= 0.6 is 11.3 Å². The second-order valence-electron chi connectivity index (χ2n) is 9.37. The first-order valence-corrected chi connectivity index (χ1v) is 14.6. The fourth-order valence-corrected chi connectivity index (χ4v) is 5.56. The number of anilines is 1. The third-order valence-corrected chi connectivity index (χ3v) is 7.71. The number of carbonyl (C=O) groups is 3. The molecule has 1 atom stereocenters. The minimum atomic E-state index is -1.08. The van der Waals surface area contributed by atoms with Gasteiger partial charge in [-0.05, 0) is 57.0 Å². The summed E-state index contributed by atoms with van der Waals surface area (Å²) in [5, 5.41) is 11.6. The van der Waals surface area contributed by atoms with Crippen LogP contribution in [0.4, 0.5) is 5.13 Å². The maximum Gasteiger partial charge on any atom is 0.350 e. The molecule has 1 saturated heterocycles. The molecule has 42 heavy (non-hydrogen) atoms. The van der Waals surface area contributed by atoms with Crippen molar-refractivity contribution < 1.29 is 38.4 Å². The Hall–Kier alpha value is -4.38. The largest absolute Gasteiger partial charge is 0.507 e. The van der Waals surface area contributed by atoms with E-state index in [0.29, 0.717) is 47.3 Å². The van der Waals surface area contributed by atoms with Crippen LogP contribution in [0.1, 0.15) is 66.1 Å². The monoisotopic (exact) mass is 594 g/mol. The lowest BCUT2D eigenvalue weighted by atomic mass is 9.95. The van der Waals surface area contributed by atoms with E-state index in [1.54, 1.807) is 56.3 Å². The first-order chi connectivity index (χ1) is 20.2. The Balaban J connectivity index is 1.90. The molecule has 11 heteroatoms. The lowest BCUT2D eigenvalue weighted by molar-refractivity contribution is -0.132. The van der Waals surface area contributed by atoms with Gasteiger partial charge in [0.2, 0.25) is 0 Å². The Morgan fingerprint density at radius 1 is 1.05 bits per heavy atom. The predicted molar refractivity (Wildman–Crippen MR) is 159 cm³/mol. The number of hydrogen-bond acceptors (Lipinski definition) is 10. The van der Waals surface area contributed by atoms with Gasteiger partial charge in [0.25, 0.3) is 5.78 Å². The SMILES string of the molecule is CCCCOc1ccc(C2/C(=C(\O)c3cccc(OCC)c3)C(=O)C(=O)N2c2nc(C)c(C(=O)OCC)s2)cc1OC. The lowest BCUT2D eigenvalue weighted by Gasteiger charge is -2.24. The number of methoxy groups -OCH3 is 1. The van der Waals surface area contributed by atoms with Crippen LogP contribution in [0.3, 0.4) is 0 Å². The zero-order valence-corrected chi connectivity index (χ0v) is 25.1. The quantitative estimate of drug-likeness (QED) is 0.0905. The van der Waals surface area contributed by atoms with E-state index in [9.17, 15) is 19.5 Å². The average Bonchev–Trinajstić information content (AvgIpc) is 3.49. The van der Waals surface area contributed by atoms with Gasteiger partial charge in [-0.1, -0.05) is 42.9 Å². The Morgan fingerprint density at radius 3 is 2.52 bits per heavy atom. The first-order valence-electron chi connectivity index (χ1n) is 13.7. The minimum absolute atomic E-state index is 0.118. The van der Waals surface area contributed by atoms with Crippen molar-refractivity contribution in [3.05, 3.63) is 69.7 Å². The zero-order chi connectivity index (χ0) is 30.4. The summed E-state index contributed by atoms with van der Waals surface area (Å²) >= 11 is 0.941. The molecule has 0 aliphatic carbocycles. The molecule has 2 heterocycles. The number of hydrogen-bond donors (Lipinski definition) is 1. The molecule has 1 N–H and O–H groups in total. The van der Waals surface area contributed by atoms with E-state index in [4.69, 9.17) is 18.9 Å². The van der Waals surface area contributed by atoms with Crippen LogP contribution in [0.5, 0.6) is 17.2 Å². The third-order valence-electron chi connectivity index (χ3n) is 6.57. The maximum atomic E-state index is 13.6. The van der Waals surface area contributed by atoms with Crippen LogP contribution in [0.2, 0.25) is 0 Å². The molecule has 0 bridgehead atoms. The van der Waals surface area contributed by atoms with Crippen molar-refractivity contribution in [2.24, 2.45) is 0 Å². The number of esters is 1. The molecule has 2 aromatic carbocycles. The number of ketones is 1. The number of Topliss-reactive ketones (excluding diaryl/α,β-unsaturated/α-hetero) is 1. The maximum absolute atomic E-state index is 13.6. The lowest BCUT2D eigenvalue weighted by Crippen LogP contribution is -2.29. The highest BCUT2D eigenvalue weighted by atomic mass is 32.1. The molecule has 1 aliphatic rings. The second kappa shape index (κ2) is 13.5. The fourth-order valence-electron chi connectivity index (χ4n) is 4.57. The normalized spacial score (nSPS) is 16.0. The van der Waals surface area contributed by atoms with Gasteiger partial charge in [-0.15, -0.1) is 0 Å². The van der Waals surface area contributed by atoms with Gasteiger partial charge in [-0.25, -0.2) is 9.78 Å². The van der Waals surface area contributed by atoms with Gasteiger partial charge in [0, 0.05) is 5.56 Å². The zero-order valence-electron chi connectivity index (χ0n) is 24.3. The summed E-state index contributed by atoms with van der Waals surface area (Å²) in [7, 11) is 1.50.